The number of nitrogens with zero attached hydrogens (tertiary/aromatic N) is 2. The first-order valence-electron chi connectivity index (χ1n) is 8.59. The van der Waals surface area contributed by atoms with Gasteiger partial charge in [0.15, 0.2) is 5.79 Å². The highest BCUT2D eigenvalue weighted by Crippen LogP contribution is 2.39. The van der Waals surface area contributed by atoms with Gasteiger partial charge in [0.05, 0.1) is 18.9 Å². The minimum absolute atomic E-state index is 0.173. The van der Waals surface area contributed by atoms with Crippen LogP contribution in [0.2, 0.25) is 0 Å². The third kappa shape index (κ3) is 4.37. The molecule has 0 amide bonds. The highest BCUT2D eigenvalue weighted by atomic mass is 16.6. The molecular formula is C18H20BN2O6. The van der Waals surface area contributed by atoms with Crippen molar-refractivity contribution in [3.63, 3.8) is 0 Å². The van der Waals surface area contributed by atoms with Crippen molar-refractivity contribution < 1.29 is 28.8 Å². The SMILES string of the molecule is CCOC(=O)CC1(O)O[B]c2cc(Oc3cnccn3)cc(OC(C)C)c21. The second-order valence-corrected chi connectivity index (χ2v) is 6.20. The summed E-state index contributed by atoms with van der Waals surface area (Å²) in [6, 6.07) is 3.28. The van der Waals surface area contributed by atoms with Crippen LogP contribution in [0, 0.1) is 0 Å². The Morgan fingerprint density at radius 2 is 2.19 bits per heavy atom. The van der Waals surface area contributed by atoms with Crippen LogP contribution in [0.4, 0.5) is 0 Å². The third-order valence-electron chi connectivity index (χ3n) is 3.69. The maximum Gasteiger partial charge on any atom is 0.335 e. The lowest BCUT2D eigenvalue weighted by Gasteiger charge is -2.26. The molecule has 1 atom stereocenters. The number of rotatable bonds is 7. The van der Waals surface area contributed by atoms with Gasteiger partial charge in [0.2, 0.25) is 5.88 Å². The van der Waals surface area contributed by atoms with E-state index in [2.05, 4.69) is 9.97 Å². The molecule has 0 spiro atoms. The van der Waals surface area contributed by atoms with E-state index in [0.717, 1.165) is 0 Å². The number of hydrogen-bond acceptors (Lipinski definition) is 8. The summed E-state index contributed by atoms with van der Waals surface area (Å²) in [6.07, 6.45) is 4.01. The Balaban J connectivity index is 1.96. The summed E-state index contributed by atoms with van der Waals surface area (Å²) >= 11 is 0. The third-order valence-corrected chi connectivity index (χ3v) is 3.69. The van der Waals surface area contributed by atoms with E-state index in [9.17, 15) is 9.90 Å². The lowest BCUT2D eigenvalue weighted by atomic mass is 9.85. The molecule has 0 fully saturated rings. The van der Waals surface area contributed by atoms with Gasteiger partial charge in [-0.05, 0) is 32.3 Å². The highest BCUT2D eigenvalue weighted by Gasteiger charge is 2.44. The fourth-order valence-corrected chi connectivity index (χ4v) is 2.74. The highest BCUT2D eigenvalue weighted by molar-refractivity contribution is 6.49. The number of benzene rings is 1. The van der Waals surface area contributed by atoms with Crippen LogP contribution in [0.3, 0.4) is 0 Å². The van der Waals surface area contributed by atoms with Gasteiger partial charge in [-0.1, -0.05) is 0 Å². The molecule has 1 aromatic carbocycles. The van der Waals surface area contributed by atoms with Crippen LogP contribution in [-0.4, -0.2) is 41.2 Å². The lowest BCUT2D eigenvalue weighted by molar-refractivity contribution is -0.174. The molecule has 1 N–H and O–H groups in total. The van der Waals surface area contributed by atoms with Gasteiger partial charge in [0, 0.05) is 24.0 Å². The average molecular weight is 371 g/mol. The summed E-state index contributed by atoms with van der Waals surface area (Å²) in [5, 5.41) is 10.9. The molecule has 0 aliphatic carbocycles. The molecule has 2 aromatic rings. The summed E-state index contributed by atoms with van der Waals surface area (Å²) < 4.78 is 21.9. The van der Waals surface area contributed by atoms with Gasteiger partial charge in [-0.15, -0.1) is 0 Å². The van der Waals surface area contributed by atoms with E-state index >= 15 is 0 Å². The van der Waals surface area contributed by atoms with Crippen molar-refractivity contribution in [3.05, 3.63) is 36.3 Å². The summed E-state index contributed by atoms with van der Waals surface area (Å²) in [4.78, 5) is 19.9. The van der Waals surface area contributed by atoms with Crippen LogP contribution in [-0.2, 0) is 20.0 Å². The summed E-state index contributed by atoms with van der Waals surface area (Å²) in [7, 11) is 1.37. The van der Waals surface area contributed by atoms with Crippen molar-refractivity contribution in [3.8, 4) is 17.4 Å². The molecule has 0 saturated heterocycles. The Bertz CT molecular complexity index is 817. The zero-order chi connectivity index (χ0) is 19.4. The monoisotopic (exact) mass is 371 g/mol. The minimum atomic E-state index is -1.86. The van der Waals surface area contributed by atoms with Crippen molar-refractivity contribution in [1.29, 1.82) is 0 Å². The molecule has 141 valence electrons. The molecule has 0 saturated carbocycles. The van der Waals surface area contributed by atoms with Crippen LogP contribution in [0.5, 0.6) is 17.4 Å². The number of carbonyl (C=O) groups excluding carboxylic acids is 1. The Morgan fingerprint density at radius 1 is 1.37 bits per heavy atom. The standard InChI is InChI=1S/C18H20BN2O6/c1-4-24-16(22)9-18(23)17-13(19-27-18)7-12(8-14(17)25-11(2)3)26-15-10-20-5-6-21-15/h5-8,10-11,23H,4,9H2,1-3H3. The molecular weight excluding hydrogens is 351 g/mol. The van der Waals surface area contributed by atoms with Gasteiger partial charge in [-0.2, -0.15) is 0 Å². The number of ether oxygens (including phenoxy) is 3. The first kappa shape index (κ1) is 19.1. The molecule has 3 rings (SSSR count). The average Bonchev–Trinajstić information content (AvgIpc) is 2.92. The largest absolute Gasteiger partial charge is 0.490 e. The second-order valence-electron chi connectivity index (χ2n) is 6.20. The van der Waals surface area contributed by atoms with Gasteiger partial charge in [-0.3, -0.25) is 9.78 Å². The Labute approximate surface area is 157 Å². The molecule has 1 aliphatic rings. The van der Waals surface area contributed by atoms with Crippen LogP contribution in [0.25, 0.3) is 0 Å². The van der Waals surface area contributed by atoms with Crippen molar-refractivity contribution >= 4 is 18.9 Å². The van der Waals surface area contributed by atoms with Crippen LogP contribution >= 0.6 is 0 Å². The number of hydrogen-bond donors (Lipinski definition) is 1. The summed E-state index contributed by atoms with van der Waals surface area (Å²) in [5.74, 6) is -1.34. The number of fused-ring (bicyclic) bond motifs is 1. The molecule has 2 heterocycles. The zero-order valence-electron chi connectivity index (χ0n) is 15.3. The van der Waals surface area contributed by atoms with Crippen molar-refractivity contribution in [2.45, 2.75) is 39.1 Å². The Hall–Kier alpha value is -2.65. The van der Waals surface area contributed by atoms with E-state index in [1.807, 2.05) is 13.8 Å². The molecule has 27 heavy (non-hydrogen) atoms. The van der Waals surface area contributed by atoms with Crippen molar-refractivity contribution in [2.75, 3.05) is 6.61 Å². The molecule has 1 aromatic heterocycles. The maximum absolute atomic E-state index is 11.9. The lowest BCUT2D eigenvalue weighted by Crippen LogP contribution is -2.31. The Morgan fingerprint density at radius 3 is 2.85 bits per heavy atom. The fraction of sp³-hybridized carbons (Fsp3) is 0.389. The van der Waals surface area contributed by atoms with Crippen molar-refractivity contribution in [1.82, 2.24) is 9.97 Å². The number of aliphatic hydroxyl groups is 1. The topological polar surface area (TPSA) is 100 Å². The first-order valence-corrected chi connectivity index (χ1v) is 8.59. The molecule has 1 aliphatic heterocycles. The fourth-order valence-electron chi connectivity index (χ4n) is 2.74. The van der Waals surface area contributed by atoms with Crippen LogP contribution in [0.15, 0.2) is 30.7 Å². The predicted octanol–water partition coefficient (Wildman–Crippen LogP) is 1.43. The van der Waals surface area contributed by atoms with E-state index in [4.69, 9.17) is 18.9 Å². The van der Waals surface area contributed by atoms with E-state index in [1.54, 1.807) is 25.3 Å². The predicted molar refractivity (Wildman–Crippen MR) is 95.9 cm³/mol. The minimum Gasteiger partial charge on any atom is -0.490 e. The zero-order valence-corrected chi connectivity index (χ0v) is 15.3. The van der Waals surface area contributed by atoms with Gasteiger partial charge in [0.1, 0.15) is 17.9 Å². The van der Waals surface area contributed by atoms with Crippen LogP contribution in [0.1, 0.15) is 32.8 Å². The summed E-state index contributed by atoms with van der Waals surface area (Å²) in [5.41, 5.74) is 0.898. The van der Waals surface area contributed by atoms with Gasteiger partial charge >= 0.3 is 13.5 Å². The number of esters is 1. The second kappa shape index (κ2) is 7.93. The van der Waals surface area contributed by atoms with Gasteiger partial charge < -0.3 is 24.0 Å². The van der Waals surface area contributed by atoms with E-state index < -0.39 is 11.8 Å². The maximum atomic E-state index is 11.9. The molecule has 1 radical (unpaired) electrons. The number of aromatic nitrogens is 2. The molecule has 8 nitrogen and oxygen atoms in total. The quantitative estimate of drug-likeness (QED) is 0.576. The first-order chi connectivity index (χ1) is 12.9. The summed E-state index contributed by atoms with van der Waals surface area (Å²) in [6.45, 7) is 5.62. The van der Waals surface area contributed by atoms with E-state index in [0.29, 0.717) is 28.4 Å². The number of carbonyl (C=O) groups is 1. The van der Waals surface area contributed by atoms with Crippen LogP contribution < -0.4 is 14.9 Å². The molecule has 0 bridgehead atoms. The van der Waals surface area contributed by atoms with Gasteiger partial charge in [-0.25, -0.2) is 4.98 Å². The Kier molecular flexibility index (Phi) is 5.62. The van der Waals surface area contributed by atoms with Gasteiger partial charge in [0.25, 0.3) is 0 Å². The van der Waals surface area contributed by atoms with Crippen molar-refractivity contribution in [2.24, 2.45) is 0 Å². The van der Waals surface area contributed by atoms with E-state index in [-0.39, 0.29) is 19.1 Å². The normalized spacial score (nSPS) is 18.0. The van der Waals surface area contributed by atoms with E-state index in [1.165, 1.54) is 19.9 Å². The smallest absolute Gasteiger partial charge is 0.335 e. The molecule has 1 unspecified atom stereocenters. The molecule has 9 heteroatoms.